The van der Waals surface area contributed by atoms with Gasteiger partial charge in [-0.15, -0.1) is 0 Å². The number of hydrogen-bond acceptors (Lipinski definition) is 1. The summed E-state index contributed by atoms with van der Waals surface area (Å²) in [6.07, 6.45) is 0. The molecule has 3 heterocycles. The summed E-state index contributed by atoms with van der Waals surface area (Å²) in [6.45, 7) is 4.77. The lowest BCUT2D eigenvalue weighted by Crippen LogP contribution is -2.16. The van der Waals surface area contributed by atoms with Crippen molar-refractivity contribution in [1.82, 2.24) is 9.13 Å². The Labute approximate surface area is 311 Å². The van der Waals surface area contributed by atoms with Crippen molar-refractivity contribution in [2.24, 2.45) is 0 Å². The van der Waals surface area contributed by atoms with Gasteiger partial charge in [-0.1, -0.05) is 123 Å². The fraction of sp³-hybridized carbons (Fsp3) is 0.0588. The van der Waals surface area contributed by atoms with Gasteiger partial charge in [0.15, 0.2) is 0 Å². The zero-order valence-corrected chi connectivity index (χ0v) is 30.0. The zero-order valence-electron chi connectivity index (χ0n) is 30.0. The molecule has 3 heteroatoms. The smallest absolute Gasteiger partial charge is 0.136 e. The SMILES string of the molecule is CC1(C)c2ccccc2-c2ccc3c4ccc(-c5ccc6c(c5)c5cc7oc8ccccc8c7cc5n6-c5ccccc5)cc4n(-c4ccccc4)c3c21. The minimum absolute atomic E-state index is 0.140. The van der Waals surface area contributed by atoms with Crippen molar-refractivity contribution in [2.75, 3.05) is 0 Å². The summed E-state index contributed by atoms with van der Waals surface area (Å²) in [6, 6.07) is 62.1. The average molecular weight is 691 g/mol. The molecule has 0 saturated heterocycles. The van der Waals surface area contributed by atoms with Gasteiger partial charge in [0.1, 0.15) is 11.2 Å². The van der Waals surface area contributed by atoms with Gasteiger partial charge in [0.05, 0.1) is 22.1 Å². The zero-order chi connectivity index (χ0) is 35.7. The van der Waals surface area contributed by atoms with E-state index in [1.54, 1.807) is 0 Å². The Morgan fingerprint density at radius 2 is 1.06 bits per heavy atom. The largest absolute Gasteiger partial charge is 0.456 e. The third-order valence-electron chi connectivity index (χ3n) is 12.1. The normalized spacial score (nSPS) is 13.5. The number of para-hydroxylation sites is 3. The minimum Gasteiger partial charge on any atom is -0.456 e. The highest BCUT2D eigenvalue weighted by molar-refractivity contribution is 6.18. The molecule has 0 amide bonds. The van der Waals surface area contributed by atoms with Crippen molar-refractivity contribution < 1.29 is 4.42 Å². The molecule has 0 N–H and O–H groups in total. The van der Waals surface area contributed by atoms with E-state index in [4.69, 9.17) is 4.42 Å². The Hall–Kier alpha value is -6.84. The first-order chi connectivity index (χ1) is 26.5. The van der Waals surface area contributed by atoms with Crippen LogP contribution in [0.5, 0.6) is 0 Å². The van der Waals surface area contributed by atoms with Crippen LogP contribution in [0, 0.1) is 0 Å². The Balaban J connectivity index is 1.13. The van der Waals surface area contributed by atoms with Gasteiger partial charge in [-0.25, -0.2) is 0 Å². The average Bonchev–Trinajstić information content (AvgIpc) is 3.92. The Kier molecular flexibility index (Phi) is 5.84. The number of hydrogen-bond donors (Lipinski definition) is 0. The number of nitrogens with zero attached hydrogens (tertiary/aromatic N) is 2. The van der Waals surface area contributed by atoms with Crippen molar-refractivity contribution in [3.63, 3.8) is 0 Å². The van der Waals surface area contributed by atoms with Crippen LogP contribution in [0.25, 0.3) is 99.2 Å². The maximum absolute atomic E-state index is 6.43. The van der Waals surface area contributed by atoms with Gasteiger partial charge in [0.25, 0.3) is 0 Å². The molecule has 3 aromatic heterocycles. The van der Waals surface area contributed by atoms with Gasteiger partial charge >= 0.3 is 0 Å². The maximum Gasteiger partial charge on any atom is 0.136 e. The fourth-order valence-corrected chi connectivity index (χ4v) is 9.66. The lowest BCUT2D eigenvalue weighted by atomic mass is 9.81. The van der Waals surface area contributed by atoms with Crippen LogP contribution in [-0.4, -0.2) is 9.13 Å². The van der Waals surface area contributed by atoms with Gasteiger partial charge in [0, 0.05) is 49.1 Å². The molecule has 1 aliphatic carbocycles. The molecule has 54 heavy (non-hydrogen) atoms. The molecule has 0 atom stereocenters. The molecule has 0 spiro atoms. The Bertz CT molecular complexity index is 3340. The third kappa shape index (κ3) is 3.91. The van der Waals surface area contributed by atoms with Crippen LogP contribution >= 0.6 is 0 Å². The lowest BCUT2D eigenvalue weighted by Gasteiger charge is -2.23. The molecule has 0 unspecified atom stereocenters. The van der Waals surface area contributed by atoms with Gasteiger partial charge in [-0.2, -0.15) is 0 Å². The second-order valence-electron chi connectivity index (χ2n) is 15.3. The number of aromatic nitrogens is 2. The Morgan fingerprint density at radius 3 is 1.89 bits per heavy atom. The summed E-state index contributed by atoms with van der Waals surface area (Å²) in [4.78, 5) is 0. The van der Waals surface area contributed by atoms with E-state index in [0.29, 0.717) is 0 Å². The monoisotopic (exact) mass is 690 g/mol. The molecule has 1 aliphatic rings. The molecule has 11 aromatic rings. The highest BCUT2D eigenvalue weighted by atomic mass is 16.3. The van der Waals surface area contributed by atoms with E-state index in [1.165, 1.54) is 82.7 Å². The summed E-state index contributed by atoms with van der Waals surface area (Å²) in [5.74, 6) is 0. The topological polar surface area (TPSA) is 23.0 Å². The van der Waals surface area contributed by atoms with Gasteiger partial charge in [0.2, 0.25) is 0 Å². The standard InChI is InChI=1S/C51H34N2O/c1-51(2)43-19-11-9-17-35(43)38-24-25-39-36-23-21-32(28-45(36)53(50(39)49(38)51)34-15-7-4-8-16-34)31-22-26-44-40(27-31)41-30-48-42(37-18-10-12-20-47(37)54-48)29-46(41)52(44)33-13-5-3-6-14-33/h3-30H,1-2H3. The third-order valence-corrected chi connectivity index (χ3v) is 12.1. The number of benzene rings is 8. The number of furan rings is 1. The van der Waals surface area contributed by atoms with Crippen LogP contribution in [-0.2, 0) is 5.41 Å². The summed E-state index contributed by atoms with van der Waals surface area (Å²) < 4.78 is 11.3. The highest BCUT2D eigenvalue weighted by Gasteiger charge is 2.38. The quantitative estimate of drug-likeness (QED) is 0.181. The van der Waals surface area contributed by atoms with Crippen molar-refractivity contribution in [1.29, 1.82) is 0 Å². The van der Waals surface area contributed by atoms with Gasteiger partial charge in [-0.05, 0) is 94.0 Å². The summed E-state index contributed by atoms with van der Waals surface area (Å²) in [5.41, 5.74) is 16.7. The number of fused-ring (bicyclic) bond motifs is 13. The first-order valence-electron chi connectivity index (χ1n) is 18.8. The van der Waals surface area contributed by atoms with Crippen LogP contribution in [0.4, 0.5) is 0 Å². The van der Waals surface area contributed by atoms with Crippen LogP contribution in [0.15, 0.2) is 174 Å². The van der Waals surface area contributed by atoms with Crippen molar-refractivity contribution in [2.45, 2.75) is 19.3 Å². The van der Waals surface area contributed by atoms with Crippen LogP contribution in [0.3, 0.4) is 0 Å². The van der Waals surface area contributed by atoms with E-state index in [-0.39, 0.29) is 5.41 Å². The van der Waals surface area contributed by atoms with E-state index in [0.717, 1.165) is 27.6 Å². The second kappa shape index (κ2) is 10.6. The molecule has 0 radical (unpaired) electrons. The molecule has 8 aromatic carbocycles. The molecule has 254 valence electrons. The molecular weight excluding hydrogens is 657 g/mol. The van der Waals surface area contributed by atoms with Crippen molar-refractivity contribution in [3.8, 4) is 33.6 Å². The summed E-state index contributed by atoms with van der Waals surface area (Å²) >= 11 is 0. The minimum atomic E-state index is -0.140. The summed E-state index contributed by atoms with van der Waals surface area (Å²) in [5, 5.41) is 7.21. The predicted molar refractivity (Wildman–Crippen MR) is 225 cm³/mol. The van der Waals surface area contributed by atoms with Crippen molar-refractivity contribution >= 4 is 65.6 Å². The van der Waals surface area contributed by atoms with Gasteiger partial charge < -0.3 is 13.6 Å². The maximum atomic E-state index is 6.43. The van der Waals surface area contributed by atoms with Crippen LogP contribution in [0.2, 0.25) is 0 Å². The molecule has 0 saturated carbocycles. The van der Waals surface area contributed by atoms with Crippen LogP contribution < -0.4 is 0 Å². The first-order valence-corrected chi connectivity index (χ1v) is 18.8. The summed E-state index contributed by atoms with van der Waals surface area (Å²) in [7, 11) is 0. The lowest BCUT2D eigenvalue weighted by molar-refractivity contribution is 0.664. The predicted octanol–water partition coefficient (Wildman–Crippen LogP) is 13.8. The first kappa shape index (κ1) is 29.7. The molecule has 0 bridgehead atoms. The van der Waals surface area contributed by atoms with E-state index in [1.807, 2.05) is 6.07 Å². The molecular formula is C51H34N2O. The molecule has 12 rings (SSSR count). The fourth-order valence-electron chi connectivity index (χ4n) is 9.66. The highest BCUT2D eigenvalue weighted by Crippen LogP contribution is 2.53. The van der Waals surface area contributed by atoms with E-state index >= 15 is 0 Å². The molecule has 0 aliphatic heterocycles. The van der Waals surface area contributed by atoms with E-state index in [9.17, 15) is 0 Å². The second-order valence-corrected chi connectivity index (χ2v) is 15.3. The Morgan fingerprint density at radius 1 is 0.407 bits per heavy atom. The molecule has 3 nitrogen and oxygen atoms in total. The van der Waals surface area contributed by atoms with E-state index < -0.39 is 0 Å². The van der Waals surface area contributed by atoms with Crippen LogP contribution in [0.1, 0.15) is 25.0 Å². The van der Waals surface area contributed by atoms with Gasteiger partial charge in [-0.3, -0.25) is 0 Å². The van der Waals surface area contributed by atoms with E-state index in [2.05, 4.69) is 187 Å². The number of rotatable bonds is 3. The molecule has 0 fully saturated rings. The van der Waals surface area contributed by atoms with Crippen molar-refractivity contribution in [3.05, 3.63) is 181 Å².